The minimum atomic E-state index is -1.23. The van der Waals surface area contributed by atoms with Gasteiger partial charge in [-0.3, -0.25) is 4.79 Å². The number of carbonyl (C=O) groups is 2. The first-order valence-corrected chi connectivity index (χ1v) is 7.04. The average molecular weight is 272 g/mol. The Morgan fingerprint density at radius 3 is 2.42 bits per heavy atom. The van der Waals surface area contributed by atoms with Crippen LogP contribution in [0.15, 0.2) is 0 Å². The summed E-state index contributed by atoms with van der Waals surface area (Å²) in [6.07, 6.45) is 4.55. The standard InChI is InChI=1S/C14H28N2O3/c1-5-7-8-9-14(3,4)10-16-12(17)11(15)13(18)19-6-2/h11H,5-10,15H2,1-4H3,(H,16,17). The molecule has 1 unspecified atom stereocenters. The molecule has 0 spiro atoms. The molecule has 0 heterocycles. The van der Waals surface area contributed by atoms with Crippen LogP contribution >= 0.6 is 0 Å². The molecule has 0 aliphatic carbocycles. The first-order valence-electron chi connectivity index (χ1n) is 7.04. The van der Waals surface area contributed by atoms with Crippen molar-refractivity contribution in [1.82, 2.24) is 5.32 Å². The third kappa shape index (κ3) is 7.82. The van der Waals surface area contributed by atoms with Crippen molar-refractivity contribution in [3.05, 3.63) is 0 Å². The molecule has 0 bridgehead atoms. The molecule has 1 atom stereocenters. The van der Waals surface area contributed by atoms with Gasteiger partial charge in [0.05, 0.1) is 6.61 Å². The summed E-state index contributed by atoms with van der Waals surface area (Å²) in [6, 6.07) is -1.23. The summed E-state index contributed by atoms with van der Waals surface area (Å²) in [5.41, 5.74) is 5.52. The van der Waals surface area contributed by atoms with E-state index >= 15 is 0 Å². The van der Waals surface area contributed by atoms with Crippen molar-refractivity contribution in [2.24, 2.45) is 11.1 Å². The summed E-state index contributed by atoms with van der Waals surface area (Å²) >= 11 is 0. The van der Waals surface area contributed by atoms with Crippen molar-refractivity contribution in [2.75, 3.05) is 13.2 Å². The molecular formula is C14H28N2O3. The van der Waals surface area contributed by atoms with Gasteiger partial charge >= 0.3 is 5.97 Å². The zero-order valence-electron chi connectivity index (χ0n) is 12.6. The van der Waals surface area contributed by atoms with Crippen molar-refractivity contribution in [3.8, 4) is 0 Å². The molecule has 0 fully saturated rings. The monoisotopic (exact) mass is 272 g/mol. The first kappa shape index (κ1) is 17.9. The summed E-state index contributed by atoms with van der Waals surface area (Å²) in [7, 11) is 0. The smallest absolute Gasteiger partial charge is 0.332 e. The van der Waals surface area contributed by atoms with Crippen molar-refractivity contribution in [1.29, 1.82) is 0 Å². The lowest BCUT2D eigenvalue weighted by Crippen LogP contribution is -2.49. The van der Waals surface area contributed by atoms with E-state index in [1.54, 1.807) is 6.92 Å². The summed E-state index contributed by atoms with van der Waals surface area (Å²) in [4.78, 5) is 23.0. The fourth-order valence-corrected chi connectivity index (χ4v) is 1.72. The SMILES string of the molecule is CCCCCC(C)(C)CNC(=O)C(N)C(=O)OCC. The zero-order valence-corrected chi connectivity index (χ0v) is 12.6. The van der Waals surface area contributed by atoms with E-state index in [1.165, 1.54) is 12.8 Å². The summed E-state index contributed by atoms with van der Waals surface area (Å²) in [5, 5.41) is 2.72. The van der Waals surface area contributed by atoms with E-state index < -0.39 is 17.9 Å². The van der Waals surface area contributed by atoms with E-state index in [0.29, 0.717) is 6.54 Å². The zero-order chi connectivity index (χ0) is 14.9. The maximum atomic E-state index is 11.7. The highest BCUT2D eigenvalue weighted by atomic mass is 16.5. The van der Waals surface area contributed by atoms with Crippen LogP contribution in [-0.2, 0) is 14.3 Å². The number of nitrogens with one attached hydrogen (secondary N) is 1. The van der Waals surface area contributed by atoms with Crippen LogP contribution in [0, 0.1) is 5.41 Å². The molecule has 0 saturated carbocycles. The van der Waals surface area contributed by atoms with Crippen LogP contribution in [0.3, 0.4) is 0 Å². The number of ether oxygens (including phenoxy) is 1. The number of amides is 1. The topological polar surface area (TPSA) is 81.4 Å². The third-order valence-electron chi connectivity index (χ3n) is 3.02. The second-order valence-corrected chi connectivity index (χ2v) is 5.57. The lowest BCUT2D eigenvalue weighted by Gasteiger charge is -2.25. The minimum Gasteiger partial charge on any atom is -0.464 e. The highest BCUT2D eigenvalue weighted by molar-refractivity contribution is 6.01. The molecule has 0 aromatic heterocycles. The molecule has 0 aromatic carbocycles. The van der Waals surface area contributed by atoms with Crippen LogP contribution in [0.4, 0.5) is 0 Å². The first-order chi connectivity index (χ1) is 8.84. The van der Waals surface area contributed by atoms with Crippen LogP contribution in [0.25, 0.3) is 0 Å². The van der Waals surface area contributed by atoms with Crippen LogP contribution < -0.4 is 11.1 Å². The molecule has 0 aliphatic rings. The Hall–Kier alpha value is -1.10. The number of unbranched alkanes of at least 4 members (excludes halogenated alkanes) is 2. The Morgan fingerprint density at radius 2 is 1.89 bits per heavy atom. The average Bonchev–Trinajstić information content (AvgIpc) is 2.35. The van der Waals surface area contributed by atoms with Crippen LogP contribution in [0.1, 0.15) is 53.4 Å². The Kier molecular flexibility index (Phi) is 8.39. The molecule has 1 amide bonds. The Labute approximate surface area is 116 Å². The largest absolute Gasteiger partial charge is 0.464 e. The molecule has 0 aromatic rings. The molecule has 3 N–H and O–H groups in total. The summed E-state index contributed by atoms with van der Waals surface area (Å²) < 4.78 is 4.71. The summed E-state index contributed by atoms with van der Waals surface area (Å²) in [5.74, 6) is -1.15. The molecule has 0 aliphatic heterocycles. The molecule has 0 rings (SSSR count). The van der Waals surface area contributed by atoms with Crippen molar-refractivity contribution < 1.29 is 14.3 Å². The molecule has 112 valence electrons. The van der Waals surface area contributed by atoms with Crippen molar-refractivity contribution in [3.63, 3.8) is 0 Å². The van der Waals surface area contributed by atoms with Crippen LogP contribution in [0.2, 0.25) is 0 Å². The van der Waals surface area contributed by atoms with Crippen LogP contribution in [-0.4, -0.2) is 31.1 Å². The maximum Gasteiger partial charge on any atom is 0.332 e. The predicted molar refractivity (Wildman–Crippen MR) is 75.5 cm³/mol. The lowest BCUT2D eigenvalue weighted by atomic mass is 9.87. The predicted octanol–water partition coefficient (Wildman–Crippen LogP) is 1.60. The van der Waals surface area contributed by atoms with Gasteiger partial charge in [-0.15, -0.1) is 0 Å². The molecule has 5 nitrogen and oxygen atoms in total. The molecule has 5 heteroatoms. The number of hydrogen-bond donors (Lipinski definition) is 2. The molecule has 0 saturated heterocycles. The quantitative estimate of drug-likeness (QED) is 0.379. The van der Waals surface area contributed by atoms with E-state index in [0.717, 1.165) is 12.8 Å². The van der Waals surface area contributed by atoms with E-state index in [-0.39, 0.29) is 12.0 Å². The second kappa shape index (κ2) is 8.91. The third-order valence-corrected chi connectivity index (χ3v) is 3.02. The van der Waals surface area contributed by atoms with Gasteiger partial charge in [0.25, 0.3) is 0 Å². The maximum absolute atomic E-state index is 11.7. The number of nitrogens with two attached hydrogens (primary N) is 1. The fourth-order valence-electron chi connectivity index (χ4n) is 1.72. The number of carbonyl (C=O) groups excluding carboxylic acids is 2. The van der Waals surface area contributed by atoms with Gasteiger partial charge in [0.1, 0.15) is 0 Å². The van der Waals surface area contributed by atoms with Gasteiger partial charge in [-0.2, -0.15) is 0 Å². The van der Waals surface area contributed by atoms with Gasteiger partial charge < -0.3 is 15.8 Å². The Balaban J connectivity index is 4.09. The van der Waals surface area contributed by atoms with Gasteiger partial charge in [-0.05, 0) is 18.8 Å². The second-order valence-electron chi connectivity index (χ2n) is 5.57. The van der Waals surface area contributed by atoms with Gasteiger partial charge in [-0.25, -0.2) is 4.79 Å². The lowest BCUT2D eigenvalue weighted by molar-refractivity contribution is -0.148. The Morgan fingerprint density at radius 1 is 1.26 bits per heavy atom. The van der Waals surface area contributed by atoms with Crippen LogP contribution in [0.5, 0.6) is 0 Å². The van der Waals surface area contributed by atoms with Gasteiger partial charge in [-0.1, -0.05) is 40.0 Å². The molecular weight excluding hydrogens is 244 g/mol. The van der Waals surface area contributed by atoms with E-state index in [4.69, 9.17) is 10.5 Å². The van der Waals surface area contributed by atoms with E-state index in [2.05, 4.69) is 26.1 Å². The van der Waals surface area contributed by atoms with E-state index in [9.17, 15) is 9.59 Å². The number of esters is 1. The minimum absolute atomic E-state index is 0.0131. The van der Waals surface area contributed by atoms with Crippen molar-refractivity contribution >= 4 is 11.9 Å². The highest BCUT2D eigenvalue weighted by Gasteiger charge is 2.25. The van der Waals surface area contributed by atoms with Crippen molar-refractivity contribution in [2.45, 2.75) is 59.4 Å². The van der Waals surface area contributed by atoms with Gasteiger partial charge in [0.2, 0.25) is 5.91 Å². The highest BCUT2D eigenvalue weighted by Crippen LogP contribution is 2.22. The number of rotatable bonds is 9. The fraction of sp³-hybridized carbons (Fsp3) is 0.857. The molecule has 0 radical (unpaired) electrons. The van der Waals surface area contributed by atoms with E-state index in [1.807, 2.05) is 0 Å². The summed E-state index contributed by atoms with van der Waals surface area (Å²) in [6.45, 7) is 8.77. The van der Waals surface area contributed by atoms with Gasteiger partial charge in [0, 0.05) is 6.54 Å². The molecule has 19 heavy (non-hydrogen) atoms. The number of hydrogen-bond acceptors (Lipinski definition) is 4. The normalized spacial score (nSPS) is 12.9. The van der Waals surface area contributed by atoms with Gasteiger partial charge in [0.15, 0.2) is 6.04 Å². The Bertz CT molecular complexity index is 290.